The fourth-order valence-electron chi connectivity index (χ4n) is 2.74. The molecule has 0 saturated carbocycles. The number of pyridine rings is 1. The van der Waals surface area contributed by atoms with E-state index in [9.17, 15) is 0 Å². The Bertz CT molecular complexity index is 793. The molecule has 0 aliphatic rings. The topological polar surface area (TPSA) is 52.0 Å². The fraction of sp³-hybridized carbons (Fsp3) is 0.300. The zero-order valence-electron chi connectivity index (χ0n) is 14.8. The minimum Gasteiger partial charge on any atom is -0.489 e. The number of hydrogen-bond acceptors (Lipinski definition) is 4. The van der Waals surface area contributed by atoms with Crippen molar-refractivity contribution in [3.8, 4) is 5.75 Å². The highest BCUT2D eigenvalue weighted by molar-refractivity contribution is 6.30. The Balaban J connectivity index is 1.53. The van der Waals surface area contributed by atoms with Crippen molar-refractivity contribution in [3.63, 3.8) is 0 Å². The van der Waals surface area contributed by atoms with Crippen LogP contribution in [0.4, 0.5) is 0 Å². The summed E-state index contributed by atoms with van der Waals surface area (Å²) in [5, 5.41) is 4.21. The highest BCUT2D eigenvalue weighted by Crippen LogP contribution is 2.24. The molecular formula is C20H23ClN4O. The van der Waals surface area contributed by atoms with E-state index in [-0.39, 0.29) is 0 Å². The van der Waals surface area contributed by atoms with Crippen molar-refractivity contribution in [2.24, 2.45) is 5.92 Å². The summed E-state index contributed by atoms with van der Waals surface area (Å²) in [5.74, 6) is 1.33. The van der Waals surface area contributed by atoms with E-state index in [0.29, 0.717) is 24.1 Å². The van der Waals surface area contributed by atoms with Crippen molar-refractivity contribution < 1.29 is 4.74 Å². The van der Waals surface area contributed by atoms with E-state index in [1.807, 2.05) is 49.1 Å². The Morgan fingerprint density at radius 2 is 2.15 bits per heavy atom. The molecule has 1 aromatic carbocycles. The van der Waals surface area contributed by atoms with E-state index in [4.69, 9.17) is 16.3 Å². The number of aromatic nitrogens is 3. The molecule has 0 spiro atoms. The van der Waals surface area contributed by atoms with Crippen LogP contribution in [0.25, 0.3) is 0 Å². The van der Waals surface area contributed by atoms with Crippen LogP contribution in [0, 0.1) is 5.92 Å². The second-order valence-electron chi connectivity index (χ2n) is 6.40. The molecule has 1 atom stereocenters. The van der Waals surface area contributed by atoms with Crippen LogP contribution in [0.5, 0.6) is 5.75 Å². The number of halogens is 1. The second kappa shape index (κ2) is 9.36. The minimum absolute atomic E-state index is 0.486. The molecule has 136 valence electrons. The summed E-state index contributed by atoms with van der Waals surface area (Å²) < 4.78 is 8.06. The van der Waals surface area contributed by atoms with Gasteiger partial charge in [-0.1, -0.05) is 24.6 Å². The lowest BCUT2D eigenvalue weighted by Gasteiger charge is -2.16. The van der Waals surface area contributed by atoms with Gasteiger partial charge in [-0.25, -0.2) is 4.98 Å². The summed E-state index contributed by atoms with van der Waals surface area (Å²) in [5.41, 5.74) is 2.09. The molecule has 0 amide bonds. The number of nitrogens with zero attached hydrogens (tertiary/aromatic N) is 3. The summed E-state index contributed by atoms with van der Waals surface area (Å²) in [6, 6.07) is 9.63. The number of nitrogens with one attached hydrogen (secondary N) is 1. The molecule has 0 saturated heterocycles. The lowest BCUT2D eigenvalue weighted by Crippen LogP contribution is -2.23. The Morgan fingerprint density at radius 3 is 2.92 bits per heavy atom. The summed E-state index contributed by atoms with van der Waals surface area (Å²) in [4.78, 5) is 8.19. The third-order valence-electron chi connectivity index (χ3n) is 4.03. The quantitative estimate of drug-likeness (QED) is 0.620. The summed E-state index contributed by atoms with van der Waals surface area (Å²) in [7, 11) is 0. The van der Waals surface area contributed by atoms with Gasteiger partial charge in [0.05, 0.1) is 6.33 Å². The largest absolute Gasteiger partial charge is 0.489 e. The molecule has 1 N–H and O–H groups in total. The van der Waals surface area contributed by atoms with Crippen LogP contribution < -0.4 is 10.1 Å². The third kappa shape index (κ3) is 5.58. The summed E-state index contributed by atoms with van der Waals surface area (Å²) in [6.45, 7) is 5.24. The first-order valence-corrected chi connectivity index (χ1v) is 9.05. The predicted octanol–water partition coefficient (Wildman–Crippen LogP) is 3.94. The van der Waals surface area contributed by atoms with Gasteiger partial charge in [-0.15, -0.1) is 0 Å². The Labute approximate surface area is 159 Å². The molecule has 1 unspecified atom stereocenters. The third-order valence-corrected chi connectivity index (χ3v) is 4.26. The van der Waals surface area contributed by atoms with E-state index in [2.05, 4.69) is 26.8 Å². The summed E-state index contributed by atoms with van der Waals surface area (Å²) in [6.07, 6.45) is 9.20. The van der Waals surface area contributed by atoms with E-state index < -0.39 is 0 Å². The number of rotatable bonds is 9. The van der Waals surface area contributed by atoms with E-state index in [0.717, 1.165) is 30.0 Å². The van der Waals surface area contributed by atoms with Crippen LogP contribution in [0.15, 0.2) is 61.4 Å². The van der Waals surface area contributed by atoms with Gasteiger partial charge in [0.1, 0.15) is 12.4 Å². The van der Waals surface area contributed by atoms with Crippen LogP contribution in [0.1, 0.15) is 18.1 Å². The molecule has 3 rings (SSSR count). The van der Waals surface area contributed by atoms with Crippen molar-refractivity contribution in [3.05, 3.63) is 77.6 Å². The second-order valence-corrected chi connectivity index (χ2v) is 6.83. The smallest absolute Gasteiger partial charge is 0.124 e. The molecule has 2 aromatic heterocycles. The normalized spacial score (nSPS) is 12.1. The van der Waals surface area contributed by atoms with Gasteiger partial charge >= 0.3 is 0 Å². The molecule has 0 aliphatic heterocycles. The van der Waals surface area contributed by atoms with Crippen molar-refractivity contribution >= 4 is 11.6 Å². The number of ether oxygens (including phenoxy) is 1. The van der Waals surface area contributed by atoms with Crippen molar-refractivity contribution in [2.75, 3.05) is 6.54 Å². The molecular weight excluding hydrogens is 348 g/mol. The molecule has 2 heterocycles. The minimum atomic E-state index is 0.486. The van der Waals surface area contributed by atoms with E-state index in [1.165, 1.54) is 0 Å². The maximum absolute atomic E-state index is 6.17. The highest BCUT2D eigenvalue weighted by atomic mass is 35.5. The SMILES string of the molecule is CC(CNCc1cc(Cl)ccc1OCc1cccnc1)Cn1ccnc1. The first kappa shape index (κ1) is 18.4. The molecule has 3 aromatic rings. The molecule has 0 aliphatic carbocycles. The molecule has 6 heteroatoms. The van der Waals surface area contributed by atoms with Crippen LogP contribution in [0.2, 0.25) is 5.02 Å². The molecule has 0 bridgehead atoms. The van der Waals surface area contributed by atoms with E-state index in [1.54, 1.807) is 12.4 Å². The van der Waals surface area contributed by atoms with Crippen LogP contribution in [-0.2, 0) is 19.7 Å². The summed E-state index contributed by atoms with van der Waals surface area (Å²) >= 11 is 6.17. The van der Waals surface area contributed by atoms with Crippen molar-refractivity contribution in [1.29, 1.82) is 0 Å². The average Bonchev–Trinajstić information content (AvgIpc) is 3.15. The maximum Gasteiger partial charge on any atom is 0.124 e. The van der Waals surface area contributed by atoms with Gasteiger partial charge in [0, 0.05) is 54.0 Å². The van der Waals surface area contributed by atoms with Crippen LogP contribution >= 0.6 is 11.6 Å². The average molecular weight is 371 g/mol. The van der Waals surface area contributed by atoms with Gasteiger partial charge in [0.15, 0.2) is 0 Å². The van der Waals surface area contributed by atoms with Gasteiger partial charge < -0.3 is 14.6 Å². The fourth-order valence-corrected chi connectivity index (χ4v) is 2.94. The van der Waals surface area contributed by atoms with Crippen LogP contribution in [-0.4, -0.2) is 21.1 Å². The standard InChI is InChI=1S/C20H23ClN4O/c1-16(13-25-8-7-23-15-25)10-24-12-18-9-19(21)4-5-20(18)26-14-17-3-2-6-22-11-17/h2-9,11,15-16,24H,10,12-14H2,1H3. The lowest BCUT2D eigenvalue weighted by molar-refractivity contribution is 0.301. The first-order valence-electron chi connectivity index (χ1n) is 8.67. The van der Waals surface area contributed by atoms with Gasteiger partial charge in [-0.3, -0.25) is 4.98 Å². The zero-order valence-corrected chi connectivity index (χ0v) is 15.6. The van der Waals surface area contributed by atoms with Gasteiger partial charge in [-0.2, -0.15) is 0 Å². The monoisotopic (exact) mass is 370 g/mol. The first-order chi connectivity index (χ1) is 12.7. The van der Waals surface area contributed by atoms with Gasteiger partial charge in [0.25, 0.3) is 0 Å². The molecule has 26 heavy (non-hydrogen) atoms. The van der Waals surface area contributed by atoms with Crippen LogP contribution in [0.3, 0.4) is 0 Å². The Hall–Kier alpha value is -2.37. The van der Waals surface area contributed by atoms with Crippen molar-refractivity contribution in [1.82, 2.24) is 19.9 Å². The molecule has 0 radical (unpaired) electrons. The number of benzene rings is 1. The maximum atomic E-state index is 6.17. The highest BCUT2D eigenvalue weighted by Gasteiger charge is 2.08. The van der Waals surface area contributed by atoms with E-state index >= 15 is 0 Å². The Kier molecular flexibility index (Phi) is 6.63. The predicted molar refractivity (Wildman–Crippen MR) is 103 cm³/mol. The number of imidazole rings is 1. The Morgan fingerprint density at radius 1 is 1.23 bits per heavy atom. The van der Waals surface area contributed by atoms with Crippen molar-refractivity contribution in [2.45, 2.75) is 26.6 Å². The molecule has 5 nitrogen and oxygen atoms in total. The zero-order chi connectivity index (χ0) is 18.2. The lowest BCUT2D eigenvalue weighted by atomic mass is 10.1. The number of hydrogen-bond donors (Lipinski definition) is 1. The molecule has 0 fully saturated rings. The van der Waals surface area contributed by atoms with Gasteiger partial charge in [-0.05, 0) is 36.7 Å². The van der Waals surface area contributed by atoms with Gasteiger partial charge in [0.2, 0.25) is 0 Å².